The van der Waals surface area contributed by atoms with Crippen molar-refractivity contribution in [2.24, 2.45) is 0 Å². The fourth-order valence-electron chi connectivity index (χ4n) is 4.29. The van der Waals surface area contributed by atoms with Crippen LogP contribution in [0.4, 0.5) is 0 Å². The van der Waals surface area contributed by atoms with Crippen LogP contribution in [0.1, 0.15) is 38.8 Å². The number of aromatic nitrogens is 2. The van der Waals surface area contributed by atoms with Crippen LogP contribution >= 0.6 is 0 Å². The molecule has 200 valence electrons. The number of amides is 2. The number of hydrogen-bond acceptors (Lipinski definition) is 6. The van der Waals surface area contributed by atoms with Crippen molar-refractivity contribution in [2.75, 3.05) is 20.8 Å². The normalized spacial score (nSPS) is 11.4. The maximum atomic E-state index is 13.8. The van der Waals surface area contributed by atoms with Gasteiger partial charge < -0.3 is 19.7 Å². The summed E-state index contributed by atoms with van der Waals surface area (Å²) in [5, 5.41) is 3.03. The average Bonchev–Trinajstić information content (AvgIpc) is 2.99. The van der Waals surface area contributed by atoms with Gasteiger partial charge in [-0.3, -0.25) is 14.6 Å². The molecule has 1 N–H and O–H groups in total. The van der Waals surface area contributed by atoms with Crippen molar-refractivity contribution in [3.63, 3.8) is 0 Å². The highest BCUT2D eigenvalue weighted by molar-refractivity contribution is 5.96. The summed E-state index contributed by atoms with van der Waals surface area (Å²) in [4.78, 5) is 37.5. The van der Waals surface area contributed by atoms with E-state index in [1.807, 2.05) is 79.7 Å². The molecular weight excluding hydrogens is 492 g/mol. The summed E-state index contributed by atoms with van der Waals surface area (Å²) >= 11 is 0. The molecular formula is C31H32N4O4. The smallest absolute Gasteiger partial charge is 0.275 e. The summed E-state index contributed by atoms with van der Waals surface area (Å²) in [5.41, 5.74) is 3.82. The molecule has 3 aromatic carbocycles. The summed E-state index contributed by atoms with van der Waals surface area (Å²) < 4.78 is 10.8. The van der Waals surface area contributed by atoms with Gasteiger partial charge >= 0.3 is 0 Å². The fourth-order valence-corrected chi connectivity index (χ4v) is 4.29. The predicted octanol–water partition coefficient (Wildman–Crippen LogP) is 4.54. The zero-order valence-corrected chi connectivity index (χ0v) is 22.3. The van der Waals surface area contributed by atoms with E-state index in [-0.39, 0.29) is 24.1 Å². The van der Waals surface area contributed by atoms with Gasteiger partial charge in [-0.15, -0.1) is 0 Å². The van der Waals surface area contributed by atoms with Crippen LogP contribution in [-0.2, 0) is 17.8 Å². The van der Waals surface area contributed by atoms with Gasteiger partial charge in [0.05, 0.1) is 20.4 Å². The lowest BCUT2D eigenvalue weighted by molar-refractivity contribution is -0.126. The number of nitrogens with one attached hydrogen (secondary N) is 1. The van der Waals surface area contributed by atoms with Crippen LogP contribution in [0.5, 0.6) is 11.5 Å². The van der Waals surface area contributed by atoms with Crippen molar-refractivity contribution in [1.29, 1.82) is 0 Å². The highest BCUT2D eigenvalue weighted by atomic mass is 16.5. The van der Waals surface area contributed by atoms with E-state index in [0.29, 0.717) is 30.0 Å². The summed E-state index contributed by atoms with van der Waals surface area (Å²) in [5.74, 6) is 0.542. The Morgan fingerprint density at radius 1 is 0.897 bits per heavy atom. The van der Waals surface area contributed by atoms with Crippen molar-refractivity contribution in [3.8, 4) is 11.5 Å². The van der Waals surface area contributed by atoms with Crippen LogP contribution in [0.2, 0.25) is 0 Å². The van der Waals surface area contributed by atoms with Crippen LogP contribution in [0.3, 0.4) is 0 Å². The maximum Gasteiger partial charge on any atom is 0.275 e. The molecule has 39 heavy (non-hydrogen) atoms. The first-order valence-electron chi connectivity index (χ1n) is 12.7. The molecule has 8 heteroatoms. The van der Waals surface area contributed by atoms with E-state index in [9.17, 15) is 9.59 Å². The SMILES string of the molecule is COc1ccc(CCN(C(=O)c2cnccn2)[C@@H](C(=O)NCc2ccccc2)c2ccc(C)cc2)cc1OC. The molecule has 1 atom stereocenters. The van der Waals surface area contributed by atoms with Crippen LogP contribution in [0.15, 0.2) is 91.4 Å². The fraction of sp³-hybridized carbons (Fsp3) is 0.226. The third kappa shape index (κ3) is 6.98. The lowest BCUT2D eigenvalue weighted by Crippen LogP contribution is -2.44. The second kappa shape index (κ2) is 13.2. The molecule has 0 fully saturated rings. The molecule has 0 aliphatic heterocycles. The predicted molar refractivity (Wildman–Crippen MR) is 149 cm³/mol. The van der Waals surface area contributed by atoms with Gasteiger partial charge in [0.15, 0.2) is 11.5 Å². The first kappa shape index (κ1) is 27.3. The molecule has 0 saturated carbocycles. The van der Waals surface area contributed by atoms with E-state index in [1.54, 1.807) is 19.1 Å². The number of carbonyl (C=O) groups is 2. The first-order chi connectivity index (χ1) is 19.0. The number of aryl methyl sites for hydroxylation is 1. The quantitative estimate of drug-likeness (QED) is 0.310. The van der Waals surface area contributed by atoms with Crippen molar-refractivity contribution >= 4 is 11.8 Å². The Kier molecular flexibility index (Phi) is 9.24. The molecule has 2 amide bonds. The Morgan fingerprint density at radius 2 is 1.64 bits per heavy atom. The number of hydrogen-bond donors (Lipinski definition) is 1. The molecule has 0 aliphatic rings. The first-order valence-corrected chi connectivity index (χ1v) is 12.7. The van der Waals surface area contributed by atoms with E-state index < -0.39 is 6.04 Å². The second-order valence-electron chi connectivity index (χ2n) is 9.05. The zero-order chi connectivity index (χ0) is 27.6. The van der Waals surface area contributed by atoms with Crippen LogP contribution < -0.4 is 14.8 Å². The van der Waals surface area contributed by atoms with Crippen molar-refractivity contribution in [3.05, 3.63) is 119 Å². The number of carbonyl (C=O) groups excluding carboxylic acids is 2. The standard InChI is InChI=1S/C31H32N4O4/c1-22-9-12-25(13-10-22)29(30(36)34-20-24-7-5-4-6-8-24)35(31(37)26-21-32-16-17-33-26)18-15-23-11-14-27(38-2)28(19-23)39-3/h4-14,16-17,19,21,29H,15,18,20H2,1-3H3,(H,34,36)/t29-/m1/s1. The Bertz CT molecular complexity index is 1380. The topological polar surface area (TPSA) is 93.7 Å². The molecule has 1 heterocycles. The van der Waals surface area contributed by atoms with E-state index in [0.717, 1.165) is 16.7 Å². The highest BCUT2D eigenvalue weighted by Crippen LogP contribution is 2.29. The van der Waals surface area contributed by atoms with Gasteiger partial charge in [0, 0.05) is 25.5 Å². The molecule has 4 aromatic rings. The minimum Gasteiger partial charge on any atom is -0.493 e. The number of benzene rings is 3. The molecule has 4 rings (SSSR count). The maximum absolute atomic E-state index is 13.8. The largest absolute Gasteiger partial charge is 0.493 e. The summed E-state index contributed by atoms with van der Waals surface area (Å²) in [7, 11) is 3.16. The number of ether oxygens (including phenoxy) is 2. The Labute approximate surface area is 228 Å². The monoisotopic (exact) mass is 524 g/mol. The Balaban J connectivity index is 1.69. The van der Waals surface area contributed by atoms with Gasteiger partial charge in [-0.1, -0.05) is 66.2 Å². The lowest BCUT2D eigenvalue weighted by atomic mass is 10.0. The number of methoxy groups -OCH3 is 2. The van der Waals surface area contributed by atoms with E-state index >= 15 is 0 Å². The number of rotatable bonds is 11. The van der Waals surface area contributed by atoms with Gasteiger partial charge in [-0.05, 0) is 42.2 Å². The third-order valence-electron chi connectivity index (χ3n) is 6.40. The van der Waals surface area contributed by atoms with Crippen molar-refractivity contribution in [2.45, 2.75) is 25.9 Å². The van der Waals surface area contributed by atoms with Crippen LogP contribution in [-0.4, -0.2) is 47.4 Å². The third-order valence-corrected chi connectivity index (χ3v) is 6.40. The lowest BCUT2D eigenvalue weighted by Gasteiger charge is -2.31. The zero-order valence-electron chi connectivity index (χ0n) is 22.3. The van der Waals surface area contributed by atoms with E-state index in [4.69, 9.17) is 9.47 Å². The van der Waals surface area contributed by atoms with Crippen molar-refractivity contribution < 1.29 is 19.1 Å². The van der Waals surface area contributed by atoms with Gasteiger partial charge in [0.1, 0.15) is 11.7 Å². The minimum atomic E-state index is -0.885. The van der Waals surface area contributed by atoms with Gasteiger partial charge in [-0.25, -0.2) is 4.98 Å². The summed E-state index contributed by atoms with van der Waals surface area (Å²) in [6.07, 6.45) is 4.87. The van der Waals surface area contributed by atoms with E-state index in [1.165, 1.54) is 18.6 Å². The van der Waals surface area contributed by atoms with Gasteiger partial charge in [-0.2, -0.15) is 0 Å². The summed E-state index contributed by atoms with van der Waals surface area (Å²) in [6, 6.07) is 22.0. The molecule has 0 unspecified atom stereocenters. The number of nitrogens with zero attached hydrogens (tertiary/aromatic N) is 3. The van der Waals surface area contributed by atoms with Gasteiger partial charge in [0.2, 0.25) is 5.91 Å². The Hall–Kier alpha value is -4.72. The second-order valence-corrected chi connectivity index (χ2v) is 9.05. The van der Waals surface area contributed by atoms with Crippen molar-refractivity contribution in [1.82, 2.24) is 20.2 Å². The van der Waals surface area contributed by atoms with E-state index in [2.05, 4.69) is 15.3 Å². The Morgan fingerprint density at radius 3 is 2.31 bits per heavy atom. The molecule has 0 radical (unpaired) electrons. The molecule has 0 aliphatic carbocycles. The minimum absolute atomic E-state index is 0.165. The molecule has 0 spiro atoms. The average molecular weight is 525 g/mol. The molecule has 0 bridgehead atoms. The summed E-state index contributed by atoms with van der Waals surface area (Å²) in [6.45, 7) is 2.57. The molecule has 0 saturated heterocycles. The molecule has 8 nitrogen and oxygen atoms in total. The van der Waals surface area contributed by atoms with Crippen LogP contribution in [0, 0.1) is 6.92 Å². The highest BCUT2D eigenvalue weighted by Gasteiger charge is 2.32. The van der Waals surface area contributed by atoms with Gasteiger partial charge in [0.25, 0.3) is 5.91 Å². The molecule has 1 aromatic heterocycles. The van der Waals surface area contributed by atoms with Crippen LogP contribution in [0.25, 0.3) is 0 Å².